The Kier molecular flexibility index (Phi) is 3.56. The largest absolute Gasteiger partial charge is 0.264 e. The van der Waals surface area contributed by atoms with E-state index in [1.54, 1.807) is 23.7 Å². The third-order valence-electron chi connectivity index (χ3n) is 3.30. The van der Waals surface area contributed by atoms with Gasteiger partial charge in [-0.1, -0.05) is 12.1 Å². The Balaban J connectivity index is 2.07. The molecule has 0 aliphatic heterocycles. The summed E-state index contributed by atoms with van der Waals surface area (Å²) in [6.07, 6.45) is 6.33. The molecule has 0 aliphatic carbocycles. The van der Waals surface area contributed by atoms with Gasteiger partial charge in [-0.2, -0.15) is 0 Å². The lowest BCUT2D eigenvalue weighted by Crippen LogP contribution is -2.12. The standard InChI is InChI=1S/C14H15N5S/c1-3-12(14-10(2)16-9-20-14)19-13(8-17-18-19)11-5-4-6-15-7-11/h4-9,12H,3H2,1-2H3. The van der Waals surface area contributed by atoms with E-state index in [0.29, 0.717) is 0 Å². The van der Waals surface area contributed by atoms with Gasteiger partial charge in [0, 0.05) is 18.0 Å². The molecule has 1 unspecified atom stereocenters. The van der Waals surface area contributed by atoms with Crippen LogP contribution in [0.5, 0.6) is 0 Å². The Labute approximate surface area is 121 Å². The molecule has 3 aromatic heterocycles. The lowest BCUT2D eigenvalue weighted by molar-refractivity contribution is 0.502. The maximum atomic E-state index is 4.34. The molecule has 0 amide bonds. The summed E-state index contributed by atoms with van der Waals surface area (Å²) in [5.41, 5.74) is 4.96. The summed E-state index contributed by atoms with van der Waals surface area (Å²) in [5, 5.41) is 8.35. The van der Waals surface area contributed by atoms with Crippen molar-refractivity contribution >= 4 is 11.3 Å². The maximum absolute atomic E-state index is 4.34. The van der Waals surface area contributed by atoms with Gasteiger partial charge >= 0.3 is 0 Å². The first-order valence-corrected chi connectivity index (χ1v) is 7.39. The van der Waals surface area contributed by atoms with Crippen molar-refractivity contribution in [1.29, 1.82) is 0 Å². The Bertz CT molecular complexity index is 688. The highest BCUT2D eigenvalue weighted by Gasteiger charge is 2.20. The average Bonchev–Trinajstić information content (AvgIpc) is 3.11. The van der Waals surface area contributed by atoms with E-state index in [4.69, 9.17) is 0 Å². The number of aryl methyl sites for hydroxylation is 1. The second-order valence-corrected chi connectivity index (χ2v) is 5.42. The molecule has 0 N–H and O–H groups in total. The molecule has 20 heavy (non-hydrogen) atoms. The number of nitrogens with zero attached hydrogens (tertiary/aromatic N) is 5. The van der Waals surface area contributed by atoms with Crippen molar-refractivity contribution < 1.29 is 0 Å². The average molecular weight is 285 g/mol. The third kappa shape index (κ3) is 2.22. The number of hydrogen-bond donors (Lipinski definition) is 0. The zero-order valence-electron chi connectivity index (χ0n) is 11.4. The fraction of sp³-hybridized carbons (Fsp3) is 0.286. The molecule has 102 valence electrons. The lowest BCUT2D eigenvalue weighted by Gasteiger charge is -2.16. The van der Waals surface area contributed by atoms with Crippen molar-refractivity contribution in [2.45, 2.75) is 26.3 Å². The van der Waals surface area contributed by atoms with E-state index in [-0.39, 0.29) is 6.04 Å². The van der Waals surface area contributed by atoms with Crippen LogP contribution < -0.4 is 0 Å². The van der Waals surface area contributed by atoms with Crippen molar-refractivity contribution in [1.82, 2.24) is 25.0 Å². The number of rotatable bonds is 4. The van der Waals surface area contributed by atoms with E-state index < -0.39 is 0 Å². The first-order valence-electron chi connectivity index (χ1n) is 6.51. The van der Waals surface area contributed by atoms with E-state index >= 15 is 0 Å². The molecule has 0 radical (unpaired) electrons. The molecule has 0 aromatic carbocycles. The van der Waals surface area contributed by atoms with Gasteiger partial charge in [0.25, 0.3) is 0 Å². The van der Waals surface area contributed by atoms with Gasteiger partial charge in [-0.15, -0.1) is 16.4 Å². The summed E-state index contributed by atoms with van der Waals surface area (Å²) in [6, 6.07) is 4.11. The molecule has 3 rings (SSSR count). The number of thiazole rings is 1. The SMILES string of the molecule is CCC(c1scnc1C)n1nncc1-c1cccnc1. The Morgan fingerprint density at radius 2 is 2.25 bits per heavy atom. The second kappa shape index (κ2) is 5.50. The Morgan fingerprint density at radius 3 is 2.90 bits per heavy atom. The van der Waals surface area contributed by atoms with Crippen LogP contribution in [0.4, 0.5) is 0 Å². The summed E-state index contributed by atoms with van der Waals surface area (Å²) in [6.45, 7) is 4.19. The number of pyridine rings is 1. The molecule has 3 heterocycles. The molecule has 0 saturated carbocycles. The highest BCUT2D eigenvalue weighted by molar-refractivity contribution is 7.09. The van der Waals surface area contributed by atoms with E-state index in [2.05, 4.69) is 27.2 Å². The van der Waals surface area contributed by atoms with Gasteiger partial charge in [0.15, 0.2) is 0 Å². The van der Waals surface area contributed by atoms with Crippen LogP contribution in [-0.2, 0) is 0 Å². The summed E-state index contributed by atoms with van der Waals surface area (Å²) in [7, 11) is 0. The summed E-state index contributed by atoms with van der Waals surface area (Å²) in [5.74, 6) is 0. The lowest BCUT2D eigenvalue weighted by atomic mass is 10.1. The minimum Gasteiger partial charge on any atom is -0.264 e. The molecule has 5 nitrogen and oxygen atoms in total. The molecule has 6 heteroatoms. The van der Waals surface area contributed by atoms with Gasteiger partial charge in [0.05, 0.1) is 34.0 Å². The fourth-order valence-electron chi connectivity index (χ4n) is 2.29. The van der Waals surface area contributed by atoms with Crippen molar-refractivity contribution in [3.05, 3.63) is 46.8 Å². The highest BCUT2D eigenvalue weighted by atomic mass is 32.1. The van der Waals surface area contributed by atoms with E-state index in [1.165, 1.54) is 4.88 Å². The third-order valence-corrected chi connectivity index (χ3v) is 4.33. The topological polar surface area (TPSA) is 56.5 Å². The van der Waals surface area contributed by atoms with Gasteiger partial charge < -0.3 is 0 Å². The van der Waals surface area contributed by atoms with Gasteiger partial charge in [-0.05, 0) is 25.5 Å². The van der Waals surface area contributed by atoms with Gasteiger partial charge in [-0.3, -0.25) is 4.98 Å². The smallest absolute Gasteiger partial charge is 0.0908 e. The number of aromatic nitrogens is 5. The van der Waals surface area contributed by atoms with Crippen LogP contribution in [0.15, 0.2) is 36.2 Å². The molecule has 0 spiro atoms. The predicted molar refractivity (Wildman–Crippen MR) is 78.5 cm³/mol. The van der Waals surface area contributed by atoms with Crippen molar-refractivity contribution in [3.8, 4) is 11.3 Å². The van der Waals surface area contributed by atoms with Crippen LogP contribution in [-0.4, -0.2) is 25.0 Å². The van der Waals surface area contributed by atoms with Crippen molar-refractivity contribution in [3.63, 3.8) is 0 Å². The number of hydrogen-bond acceptors (Lipinski definition) is 5. The first-order chi connectivity index (χ1) is 9.81. The van der Waals surface area contributed by atoms with E-state index in [0.717, 1.165) is 23.4 Å². The van der Waals surface area contributed by atoms with Gasteiger partial charge in [0.1, 0.15) is 0 Å². The normalized spacial score (nSPS) is 12.5. The van der Waals surface area contributed by atoms with Crippen LogP contribution in [0, 0.1) is 6.92 Å². The first kappa shape index (κ1) is 12.9. The summed E-state index contributed by atoms with van der Waals surface area (Å²) < 4.78 is 1.97. The Morgan fingerprint density at radius 1 is 1.35 bits per heavy atom. The minimum absolute atomic E-state index is 0.167. The second-order valence-electron chi connectivity index (χ2n) is 4.53. The van der Waals surface area contributed by atoms with E-state index in [9.17, 15) is 0 Å². The minimum atomic E-state index is 0.167. The zero-order valence-corrected chi connectivity index (χ0v) is 12.2. The molecule has 0 saturated heterocycles. The predicted octanol–water partition coefficient (Wildman–Crippen LogP) is 3.10. The van der Waals surface area contributed by atoms with Crippen molar-refractivity contribution in [2.24, 2.45) is 0 Å². The Hall–Kier alpha value is -2.08. The molecule has 0 fully saturated rings. The van der Waals surface area contributed by atoms with Gasteiger partial charge in [-0.25, -0.2) is 9.67 Å². The molecule has 3 aromatic rings. The zero-order chi connectivity index (χ0) is 13.9. The summed E-state index contributed by atoms with van der Waals surface area (Å²) >= 11 is 1.67. The highest BCUT2D eigenvalue weighted by Crippen LogP contribution is 2.31. The summed E-state index contributed by atoms with van der Waals surface area (Å²) in [4.78, 5) is 9.75. The molecular weight excluding hydrogens is 270 g/mol. The van der Waals surface area contributed by atoms with Crippen LogP contribution in [0.3, 0.4) is 0 Å². The molecule has 0 aliphatic rings. The maximum Gasteiger partial charge on any atom is 0.0908 e. The molecule has 0 bridgehead atoms. The fourth-order valence-corrected chi connectivity index (χ4v) is 3.27. The monoisotopic (exact) mass is 285 g/mol. The van der Waals surface area contributed by atoms with Crippen LogP contribution >= 0.6 is 11.3 Å². The van der Waals surface area contributed by atoms with Gasteiger partial charge in [0.2, 0.25) is 0 Å². The molecule has 1 atom stereocenters. The van der Waals surface area contributed by atoms with Crippen LogP contribution in [0.2, 0.25) is 0 Å². The van der Waals surface area contributed by atoms with Crippen LogP contribution in [0.1, 0.15) is 30.0 Å². The van der Waals surface area contributed by atoms with Crippen molar-refractivity contribution in [2.75, 3.05) is 0 Å². The molecular formula is C14H15N5S. The van der Waals surface area contributed by atoms with Crippen LogP contribution in [0.25, 0.3) is 11.3 Å². The quantitative estimate of drug-likeness (QED) is 0.739. The van der Waals surface area contributed by atoms with E-state index in [1.807, 2.05) is 35.4 Å².